The summed E-state index contributed by atoms with van der Waals surface area (Å²) in [5.41, 5.74) is 2.51. The van der Waals surface area contributed by atoms with Crippen molar-refractivity contribution in [3.63, 3.8) is 0 Å². The van der Waals surface area contributed by atoms with Crippen molar-refractivity contribution in [2.24, 2.45) is 0 Å². The van der Waals surface area contributed by atoms with E-state index in [0.717, 1.165) is 6.42 Å². The summed E-state index contributed by atoms with van der Waals surface area (Å²) in [4.78, 5) is 11.5. The summed E-state index contributed by atoms with van der Waals surface area (Å²) in [6.07, 6.45) is 0.878. The number of hydrogen-bond donors (Lipinski definition) is 1. The summed E-state index contributed by atoms with van der Waals surface area (Å²) in [6.45, 7) is 2.78. The number of rotatable bonds is 4. The van der Waals surface area contributed by atoms with Crippen LogP contribution in [0, 0.1) is 6.92 Å². The fourth-order valence-electron chi connectivity index (χ4n) is 1.59. The van der Waals surface area contributed by atoms with Gasteiger partial charge >= 0.3 is 0 Å². The first-order valence-corrected chi connectivity index (χ1v) is 6.25. The van der Waals surface area contributed by atoms with Gasteiger partial charge in [0.05, 0.1) is 0 Å². The molecule has 94 valence electrons. The molecule has 0 saturated heterocycles. The lowest BCUT2D eigenvalue weighted by Crippen LogP contribution is -2.08. The maximum absolute atomic E-state index is 5.68. The SMILES string of the molecule is Cc1cccc(CCNc2nc(Cl)nc(Cl)n2)c1. The topological polar surface area (TPSA) is 50.7 Å². The van der Waals surface area contributed by atoms with Crippen molar-refractivity contribution in [3.8, 4) is 0 Å². The minimum absolute atomic E-state index is 0.0908. The van der Waals surface area contributed by atoms with Gasteiger partial charge in [-0.15, -0.1) is 0 Å². The molecule has 0 aliphatic heterocycles. The predicted octanol–water partition coefficient (Wildman–Crippen LogP) is 3.14. The van der Waals surface area contributed by atoms with E-state index in [1.54, 1.807) is 0 Å². The van der Waals surface area contributed by atoms with Gasteiger partial charge in [-0.1, -0.05) is 29.8 Å². The van der Waals surface area contributed by atoms with Gasteiger partial charge in [0.1, 0.15) is 0 Å². The second-order valence-electron chi connectivity index (χ2n) is 3.86. The van der Waals surface area contributed by atoms with E-state index in [9.17, 15) is 0 Å². The number of anilines is 1. The van der Waals surface area contributed by atoms with Gasteiger partial charge in [-0.2, -0.15) is 15.0 Å². The Morgan fingerprint density at radius 2 is 1.83 bits per heavy atom. The van der Waals surface area contributed by atoms with Gasteiger partial charge < -0.3 is 5.32 Å². The van der Waals surface area contributed by atoms with Crippen LogP contribution in [0.1, 0.15) is 11.1 Å². The van der Waals surface area contributed by atoms with Gasteiger partial charge in [0, 0.05) is 6.54 Å². The lowest BCUT2D eigenvalue weighted by molar-refractivity contribution is 0.961. The van der Waals surface area contributed by atoms with Crippen LogP contribution in [-0.2, 0) is 6.42 Å². The summed E-state index contributed by atoms with van der Waals surface area (Å²) in [5.74, 6) is 0.396. The molecule has 0 radical (unpaired) electrons. The van der Waals surface area contributed by atoms with Gasteiger partial charge in [-0.25, -0.2) is 0 Å². The molecule has 2 rings (SSSR count). The molecule has 0 aliphatic rings. The maximum Gasteiger partial charge on any atom is 0.228 e. The third kappa shape index (κ3) is 3.82. The van der Waals surface area contributed by atoms with Gasteiger partial charge in [0.2, 0.25) is 16.5 Å². The zero-order chi connectivity index (χ0) is 13.0. The van der Waals surface area contributed by atoms with E-state index in [1.165, 1.54) is 11.1 Å². The Morgan fingerprint density at radius 1 is 1.11 bits per heavy atom. The molecule has 2 aromatic rings. The number of benzene rings is 1. The first-order chi connectivity index (χ1) is 8.63. The fourth-order valence-corrected chi connectivity index (χ4v) is 1.95. The lowest BCUT2D eigenvalue weighted by Gasteiger charge is -2.05. The molecule has 1 N–H and O–H groups in total. The smallest absolute Gasteiger partial charge is 0.228 e. The lowest BCUT2D eigenvalue weighted by atomic mass is 10.1. The van der Waals surface area contributed by atoms with E-state index in [2.05, 4.69) is 45.4 Å². The molecule has 6 heteroatoms. The third-order valence-electron chi connectivity index (χ3n) is 2.36. The third-order valence-corrected chi connectivity index (χ3v) is 2.70. The predicted molar refractivity (Wildman–Crippen MR) is 73.2 cm³/mol. The Kier molecular flexibility index (Phi) is 4.33. The molecule has 0 aliphatic carbocycles. The molecule has 0 bridgehead atoms. The van der Waals surface area contributed by atoms with Crippen LogP contribution in [0.3, 0.4) is 0 Å². The largest absolute Gasteiger partial charge is 0.354 e. The van der Waals surface area contributed by atoms with Gasteiger partial charge in [0.15, 0.2) is 0 Å². The van der Waals surface area contributed by atoms with E-state index in [0.29, 0.717) is 12.5 Å². The Labute approximate surface area is 115 Å². The molecule has 4 nitrogen and oxygen atoms in total. The quantitative estimate of drug-likeness (QED) is 0.936. The molecule has 18 heavy (non-hydrogen) atoms. The zero-order valence-electron chi connectivity index (χ0n) is 9.82. The number of aromatic nitrogens is 3. The van der Waals surface area contributed by atoms with Crippen molar-refractivity contribution in [1.82, 2.24) is 15.0 Å². The van der Waals surface area contributed by atoms with Crippen LogP contribution in [0.2, 0.25) is 10.6 Å². The molecule has 1 aromatic heterocycles. The standard InChI is InChI=1S/C12H12Cl2N4/c1-8-3-2-4-9(7-8)5-6-15-12-17-10(13)16-11(14)18-12/h2-4,7H,5-6H2,1H3,(H,15,16,17,18). The van der Waals surface area contributed by atoms with Crippen molar-refractivity contribution >= 4 is 29.2 Å². The normalized spacial score (nSPS) is 10.4. The molecular formula is C12H12Cl2N4. The average Bonchev–Trinajstić information content (AvgIpc) is 2.27. The number of hydrogen-bond acceptors (Lipinski definition) is 4. The molecule has 1 heterocycles. The Bertz CT molecular complexity index is 525. The van der Waals surface area contributed by atoms with Crippen LogP contribution in [0.5, 0.6) is 0 Å². The number of aryl methyl sites for hydroxylation is 1. The van der Waals surface area contributed by atoms with Crippen LogP contribution in [0.15, 0.2) is 24.3 Å². The fraction of sp³-hybridized carbons (Fsp3) is 0.250. The second kappa shape index (κ2) is 5.98. The summed E-state index contributed by atoms with van der Waals surface area (Å²) in [6, 6.07) is 8.35. The highest BCUT2D eigenvalue weighted by molar-refractivity contribution is 6.31. The average molecular weight is 283 g/mol. The molecule has 0 saturated carbocycles. The van der Waals surface area contributed by atoms with Crippen molar-refractivity contribution in [1.29, 1.82) is 0 Å². The number of nitrogens with one attached hydrogen (secondary N) is 1. The second-order valence-corrected chi connectivity index (χ2v) is 4.54. The Balaban J connectivity index is 1.92. The summed E-state index contributed by atoms with van der Waals surface area (Å²) < 4.78 is 0. The molecule has 1 aromatic carbocycles. The van der Waals surface area contributed by atoms with E-state index in [4.69, 9.17) is 23.2 Å². The van der Waals surface area contributed by atoms with E-state index >= 15 is 0 Å². The van der Waals surface area contributed by atoms with E-state index in [1.807, 2.05) is 6.07 Å². The monoisotopic (exact) mass is 282 g/mol. The van der Waals surface area contributed by atoms with Crippen molar-refractivity contribution in [2.75, 3.05) is 11.9 Å². The first kappa shape index (κ1) is 13.1. The highest BCUT2D eigenvalue weighted by Gasteiger charge is 2.02. The van der Waals surface area contributed by atoms with Crippen molar-refractivity contribution in [3.05, 3.63) is 46.0 Å². The van der Waals surface area contributed by atoms with Gasteiger partial charge in [-0.05, 0) is 42.1 Å². The van der Waals surface area contributed by atoms with Crippen LogP contribution < -0.4 is 5.32 Å². The number of nitrogens with zero attached hydrogens (tertiary/aromatic N) is 3. The van der Waals surface area contributed by atoms with Crippen molar-refractivity contribution < 1.29 is 0 Å². The highest BCUT2D eigenvalue weighted by Crippen LogP contribution is 2.10. The van der Waals surface area contributed by atoms with E-state index < -0.39 is 0 Å². The molecular weight excluding hydrogens is 271 g/mol. The highest BCUT2D eigenvalue weighted by atomic mass is 35.5. The van der Waals surface area contributed by atoms with Crippen molar-refractivity contribution in [2.45, 2.75) is 13.3 Å². The van der Waals surface area contributed by atoms with Crippen LogP contribution in [0.25, 0.3) is 0 Å². The summed E-state index contributed by atoms with van der Waals surface area (Å²) in [5, 5.41) is 3.24. The van der Waals surface area contributed by atoms with Crippen LogP contribution in [-0.4, -0.2) is 21.5 Å². The number of halogens is 2. The Morgan fingerprint density at radius 3 is 2.50 bits per heavy atom. The maximum atomic E-state index is 5.68. The molecule has 0 amide bonds. The zero-order valence-corrected chi connectivity index (χ0v) is 11.3. The molecule has 0 fully saturated rings. The van der Waals surface area contributed by atoms with Crippen LogP contribution in [0.4, 0.5) is 5.95 Å². The summed E-state index contributed by atoms with van der Waals surface area (Å²) >= 11 is 11.4. The Hall–Kier alpha value is -1.39. The molecule has 0 unspecified atom stereocenters. The van der Waals surface area contributed by atoms with Gasteiger partial charge in [-0.3, -0.25) is 0 Å². The first-order valence-electron chi connectivity index (χ1n) is 5.50. The minimum atomic E-state index is 0.0908. The van der Waals surface area contributed by atoms with Crippen LogP contribution >= 0.6 is 23.2 Å². The van der Waals surface area contributed by atoms with E-state index in [-0.39, 0.29) is 10.6 Å². The molecule has 0 atom stereocenters. The molecule has 0 spiro atoms. The minimum Gasteiger partial charge on any atom is -0.354 e. The van der Waals surface area contributed by atoms with Gasteiger partial charge in [0.25, 0.3) is 0 Å². The summed E-state index contributed by atoms with van der Waals surface area (Å²) in [7, 11) is 0.